The number of ether oxygens (including phenoxy) is 1. The Kier molecular flexibility index (Phi) is 8.98. The van der Waals surface area contributed by atoms with Crippen molar-refractivity contribution in [3.05, 3.63) is 106 Å². The molecule has 0 aliphatic heterocycles. The van der Waals surface area contributed by atoms with Gasteiger partial charge in [-0.1, -0.05) is 35.4 Å². The largest absolute Gasteiger partial charge is 0.494 e. The Morgan fingerprint density at radius 1 is 0.927 bits per heavy atom. The fourth-order valence-electron chi connectivity index (χ4n) is 4.71. The molecule has 0 atom stereocenters. The first-order valence-electron chi connectivity index (χ1n) is 13.4. The van der Waals surface area contributed by atoms with E-state index in [-0.39, 0.29) is 4.90 Å². The zero-order valence-electron chi connectivity index (χ0n) is 24.3. The first-order chi connectivity index (χ1) is 19.5. The van der Waals surface area contributed by atoms with Gasteiger partial charge in [-0.3, -0.25) is 9.10 Å². The molecular weight excluding hydrogens is 536 g/mol. The molecule has 41 heavy (non-hydrogen) atoms. The summed E-state index contributed by atoms with van der Waals surface area (Å²) in [5.74, 6) is -0.00293. The van der Waals surface area contributed by atoms with Gasteiger partial charge in [0.05, 0.1) is 23.4 Å². The van der Waals surface area contributed by atoms with E-state index in [2.05, 4.69) is 47.1 Å². The van der Waals surface area contributed by atoms with Crippen LogP contribution in [0.25, 0.3) is 5.69 Å². The highest BCUT2D eigenvalue weighted by Crippen LogP contribution is 2.26. The molecule has 1 amide bonds. The summed E-state index contributed by atoms with van der Waals surface area (Å²) in [5.41, 5.74) is 10.2. The quantitative estimate of drug-likeness (QED) is 0.193. The zero-order valence-corrected chi connectivity index (χ0v) is 25.1. The van der Waals surface area contributed by atoms with E-state index < -0.39 is 22.5 Å². The van der Waals surface area contributed by atoms with E-state index in [1.54, 1.807) is 42.6 Å². The number of sulfonamides is 1. The molecule has 9 heteroatoms. The lowest BCUT2D eigenvalue weighted by Crippen LogP contribution is -2.39. The van der Waals surface area contributed by atoms with Crippen LogP contribution >= 0.6 is 0 Å². The summed E-state index contributed by atoms with van der Waals surface area (Å²) in [4.78, 5) is 13.1. The molecule has 1 N–H and O–H groups in total. The van der Waals surface area contributed by atoms with Crippen LogP contribution in [-0.4, -0.2) is 38.3 Å². The van der Waals surface area contributed by atoms with Crippen molar-refractivity contribution < 1.29 is 17.9 Å². The summed E-state index contributed by atoms with van der Waals surface area (Å²) in [6.07, 6.45) is 1.58. The minimum Gasteiger partial charge on any atom is -0.494 e. The highest BCUT2D eigenvalue weighted by molar-refractivity contribution is 7.92. The number of hydrogen-bond donors (Lipinski definition) is 1. The second-order valence-electron chi connectivity index (χ2n) is 10.00. The molecule has 4 rings (SSSR count). The SMILES string of the molecule is CCOc1ccc(S(=O)(=O)N(CC(=O)N/N=C/c2cc(C)n(-c3ccc(C)cc3C)c2C)c2ccc(C)cc2)cc1. The number of rotatable bonds is 10. The third kappa shape index (κ3) is 6.69. The van der Waals surface area contributed by atoms with Crippen molar-refractivity contribution in [1.82, 2.24) is 9.99 Å². The van der Waals surface area contributed by atoms with Gasteiger partial charge in [-0.15, -0.1) is 0 Å². The number of anilines is 1. The summed E-state index contributed by atoms with van der Waals surface area (Å²) in [7, 11) is -4.06. The van der Waals surface area contributed by atoms with Gasteiger partial charge in [0.2, 0.25) is 0 Å². The summed E-state index contributed by atoms with van der Waals surface area (Å²) >= 11 is 0. The van der Waals surface area contributed by atoms with Crippen LogP contribution in [0.2, 0.25) is 0 Å². The molecule has 0 aliphatic rings. The van der Waals surface area contributed by atoms with Gasteiger partial charge in [0.1, 0.15) is 12.3 Å². The van der Waals surface area contributed by atoms with Crippen molar-refractivity contribution in [3.8, 4) is 11.4 Å². The average Bonchev–Trinajstić information content (AvgIpc) is 3.21. The molecule has 0 fully saturated rings. The molecule has 0 bridgehead atoms. The van der Waals surface area contributed by atoms with Crippen LogP contribution in [0.5, 0.6) is 5.75 Å². The van der Waals surface area contributed by atoms with Crippen LogP contribution in [0.15, 0.2) is 82.8 Å². The second kappa shape index (κ2) is 12.4. The third-order valence-corrected chi connectivity index (χ3v) is 8.58. The standard InChI is InChI=1S/C32H36N4O4S/c1-7-40-29-13-15-30(16-14-29)41(38,39)35(28-11-8-22(2)9-12-28)21-32(37)34-33-20-27-19-25(5)36(26(27)6)31-17-10-23(3)18-24(31)4/h8-20H,7,21H2,1-6H3,(H,34,37)/b33-20+. The van der Waals surface area contributed by atoms with Gasteiger partial charge < -0.3 is 9.30 Å². The third-order valence-electron chi connectivity index (χ3n) is 6.79. The molecule has 0 unspecified atom stereocenters. The van der Waals surface area contributed by atoms with E-state index >= 15 is 0 Å². The van der Waals surface area contributed by atoms with Gasteiger partial charge in [0.25, 0.3) is 15.9 Å². The molecule has 0 radical (unpaired) electrons. The molecule has 4 aromatic rings. The van der Waals surface area contributed by atoms with Crippen LogP contribution in [0.3, 0.4) is 0 Å². The number of amides is 1. The Labute approximate surface area is 242 Å². The molecule has 1 heterocycles. The fourth-order valence-corrected chi connectivity index (χ4v) is 6.13. The molecular formula is C32H36N4O4S. The minimum atomic E-state index is -4.06. The van der Waals surface area contributed by atoms with Gasteiger partial charge in [0.15, 0.2) is 0 Å². The Balaban J connectivity index is 1.55. The van der Waals surface area contributed by atoms with E-state index in [0.717, 1.165) is 38.1 Å². The van der Waals surface area contributed by atoms with Gasteiger partial charge in [-0.05, 0) is 95.6 Å². The number of nitrogens with one attached hydrogen (secondary N) is 1. The van der Waals surface area contributed by atoms with E-state index in [9.17, 15) is 13.2 Å². The van der Waals surface area contributed by atoms with Crippen molar-refractivity contribution >= 4 is 27.8 Å². The summed E-state index contributed by atoms with van der Waals surface area (Å²) in [5, 5.41) is 4.16. The lowest BCUT2D eigenvalue weighted by molar-refractivity contribution is -0.119. The highest BCUT2D eigenvalue weighted by atomic mass is 32.2. The summed E-state index contributed by atoms with van der Waals surface area (Å²) in [6, 6.07) is 21.4. The van der Waals surface area contributed by atoms with E-state index in [1.165, 1.54) is 17.7 Å². The molecule has 0 aliphatic carbocycles. The number of aryl methyl sites for hydroxylation is 4. The predicted molar refractivity (Wildman–Crippen MR) is 164 cm³/mol. The van der Waals surface area contributed by atoms with Crippen LogP contribution in [0.4, 0.5) is 5.69 Å². The molecule has 0 spiro atoms. The normalized spacial score (nSPS) is 11.6. The average molecular weight is 573 g/mol. The van der Waals surface area contributed by atoms with Gasteiger partial charge in [-0.2, -0.15) is 5.10 Å². The summed E-state index contributed by atoms with van der Waals surface area (Å²) < 4.78 is 36.0. The van der Waals surface area contributed by atoms with Gasteiger partial charge in [-0.25, -0.2) is 13.8 Å². The molecule has 8 nitrogen and oxygen atoms in total. The number of carbonyl (C=O) groups excluding carboxylic acids is 1. The molecule has 0 saturated heterocycles. The Bertz CT molecular complexity index is 1670. The van der Waals surface area contributed by atoms with Gasteiger partial charge >= 0.3 is 0 Å². The van der Waals surface area contributed by atoms with E-state index in [1.807, 2.05) is 33.8 Å². The predicted octanol–water partition coefficient (Wildman–Crippen LogP) is 5.76. The molecule has 0 saturated carbocycles. The van der Waals surface area contributed by atoms with Crippen molar-refractivity contribution in [2.24, 2.45) is 5.10 Å². The number of hydrazone groups is 1. The number of carbonyl (C=O) groups is 1. The molecule has 1 aromatic heterocycles. The zero-order chi connectivity index (χ0) is 29.7. The Morgan fingerprint density at radius 3 is 2.22 bits per heavy atom. The minimum absolute atomic E-state index is 0.0525. The maximum absolute atomic E-state index is 13.6. The maximum atomic E-state index is 13.6. The monoisotopic (exact) mass is 572 g/mol. The van der Waals surface area contributed by atoms with Crippen molar-refractivity contribution in [2.75, 3.05) is 17.5 Å². The van der Waals surface area contributed by atoms with Gasteiger partial charge in [0, 0.05) is 22.6 Å². The number of benzene rings is 3. The fraction of sp³-hybridized carbons (Fsp3) is 0.250. The molecule has 3 aromatic carbocycles. The van der Waals surface area contributed by atoms with Crippen LogP contribution in [0, 0.1) is 34.6 Å². The number of aromatic nitrogens is 1. The lowest BCUT2D eigenvalue weighted by Gasteiger charge is -2.24. The maximum Gasteiger partial charge on any atom is 0.264 e. The van der Waals surface area contributed by atoms with Crippen molar-refractivity contribution in [2.45, 2.75) is 46.4 Å². The Hall–Kier alpha value is -4.37. The Morgan fingerprint density at radius 2 is 1.59 bits per heavy atom. The van der Waals surface area contributed by atoms with Crippen LogP contribution in [0.1, 0.15) is 40.6 Å². The first-order valence-corrected chi connectivity index (χ1v) is 14.9. The molecule has 214 valence electrons. The topological polar surface area (TPSA) is 93.0 Å². The lowest BCUT2D eigenvalue weighted by atomic mass is 10.1. The van der Waals surface area contributed by atoms with Crippen LogP contribution in [-0.2, 0) is 14.8 Å². The number of hydrogen-bond acceptors (Lipinski definition) is 5. The number of nitrogens with zero attached hydrogens (tertiary/aromatic N) is 3. The van der Waals surface area contributed by atoms with E-state index in [0.29, 0.717) is 18.0 Å². The summed E-state index contributed by atoms with van der Waals surface area (Å²) in [6.45, 7) is 12.0. The smallest absolute Gasteiger partial charge is 0.264 e. The van der Waals surface area contributed by atoms with Crippen molar-refractivity contribution in [3.63, 3.8) is 0 Å². The van der Waals surface area contributed by atoms with E-state index in [4.69, 9.17) is 4.74 Å². The van der Waals surface area contributed by atoms with Crippen molar-refractivity contribution in [1.29, 1.82) is 0 Å². The highest BCUT2D eigenvalue weighted by Gasteiger charge is 2.27. The second-order valence-corrected chi connectivity index (χ2v) is 11.9. The van der Waals surface area contributed by atoms with Crippen LogP contribution < -0.4 is 14.5 Å². The first kappa shape index (κ1) is 29.6.